The van der Waals surface area contributed by atoms with E-state index in [-0.39, 0.29) is 0 Å². The SMILES string of the molecule is COc1cccc(N(C(C)C(=O)Nc2ccc(N3CCCC3)cc2)S(C)(=O)=O)c1. The molecule has 2 aromatic carbocycles. The predicted octanol–water partition coefficient (Wildman–Crippen LogP) is 3.09. The van der Waals surface area contributed by atoms with Gasteiger partial charge in [-0.2, -0.15) is 0 Å². The van der Waals surface area contributed by atoms with Crippen LogP contribution in [0, 0.1) is 0 Å². The van der Waals surface area contributed by atoms with Gasteiger partial charge in [0.05, 0.1) is 19.1 Å². The normalized spacial score (nSPS) is 15.1. The van der Waals surface area contributed by atoms with Gasteiger partial charge in [0.15, 0.2) is 0 Å². The smallest absolute Gasteiger partial charge is 0.247 e. The van der Waals surface area contributed by atoms with E-state index in [1.54, 1.807) is 31.2 Å². The van der Waals surface area contributed by atoms with Crippen LogP contribution in [0.25, 0.3) is 0 Å². The number of hydrogen-bond acceptors (Lipinski definition) is 5. The molecule has 8 heteroatoms. The van der Waals surface area contributed by atoms with Crippen LogP contribution >= 0.6 is 0 Å². The summed E-state index contributed by atoms with van der Waals surface area (Å²) in [5.74, 6) is 0.105. The number of sulfonamides is 1. The maximum atomic E-state index is 12.8. The van der Waals surface area contributed by atoms with Crippen LogP contribution in [0.4, 0.5) is 17.1 Å². The van der Waals surface area contributed by atoms with E-state index in [4.69, 9.17) is 4.74 Å². The molecule has 0 bridgehead atoms. The molecule has 1 amide bonds. The molecule has 29 heavy (non-hydrogen) atoms. The number of rotatable bonds is 7. The lowest BCUT2D eigenvalue weighted by molar-refractivity contribution is -0.116. The van der Waals surface area contributed by atoms with Crippen molar-refractivity contribution in [3.8, 4) is 5.75 Å². The molecule has 1 atom stereocenters. The van der Waals surface area contributed by atoms with Gasteiger partial charge in [-0.3, -0.25) is 9.10 Å². The van der Waals surface area contributed by atoms with Crippen LogP contribution in [0.2, 0.25) is 0 Å². The molecule has 3 rings (SSSR count). The van der Waals surface area contributed by atoms with Crippen molar-refractivity contribution in [3.63, 3.8) is 0 Å². The van der Waals surface area contributed by atoms with Gasteiger partial charge in [0.1, 0.15) is 11.8 Å². The summed E-state index contributed by atoms with van der Waals surface area (Å²) >= 11 is 0. The number of benzene rings is 2. The standard InChI is InChI=1S/C21H27N3O4S/c1-16(24(29(3,26)27)19-7-6-8-20(15-19)28-2)21(25)22-17-9-11-18(12-10-17)23-13-4-5-14-23/h6-12,15-16H,4-5,13-14H2,1-3H3,(H,22,25). The molecule has 1 fully saturated rings. The number of methoxy groups -OCH3 is 1. The Hall–Kier alpha value is -2.74. The van der Waals surface area contributed by atoms with Crippen LogP contribution in [0.3, 0.4) is 0 Å². The minimum absolute atomic E-state index is 0.374. The number of amides is 1. The maximum Gasteiger partial charge on any atom is 0.247 e. The van der Waals surface area contributed by atoms with Crippen molar-refractivity contribution in [2.75, 3.05) is 41.0 Å². The highest BCUT2D eigenvalue weighted by Crippen LogP contribution is 2.26. The van der Waals surface area contributed by atoms with E-state index in [0.717, 1.165) is 29.3 Å². The topological polar surface area (TPSA) is 79.0 Å². The molecular weight excluding hydrogens is 390 g/mol. The molecule has 1 N–H and O–H groups in total. The van der Waals surface area contributed by atoms with Crippen LogP contribution < -0.4 is 19.3 Å². The molecule has 7 nitrogen and oxygen atoms in total. The molecule has 0 aromatic heterocycles. The van der Waals surface area contributed by atoms with Crippen LogP contribution in [0.15, 0.2) is 48.5 Å². The Kier molecular flexibility index (Phi) is 6.32. The largest absolute Gasteiger partial charge is 0.497 e. The van der Waals surface area contributed by atoms with E-state index in [1.165, 1.54) is 20.0 Å². The lowest BCUT2D eigenvalue weighted by Gasteiger charge is -2.28. The number of ether oxygens (including phenoxy) is 1. The van der Waals surface area contributed by atoms with Gasteiger partial charge in [-0.05, 0) is 56.2 Å². The lowest BCUT2D eigenvalue weighted by Crippen LogP contribution is -2.45. The fourth-order valence-corrected chi connectivity index (χ4v) is 4.70. The molecular formula is C21H27N3O4S. The summed E-state index contributed by atoms with van der Waals surface area (Å²) in [5.41, 5.74) is 2.13. The summed E-state index contributed by atoms with van der Waals surface area (Å²) in [6.07, 6.45) is 3.48. The Balaban J connectivity index is 1.77. The fraction of sp³-hybridized carbons (Fsp3) is 0.381. The molecule has 0 spiro atoms. The summed E-state index contributed by atoms with van der Waals surface area (Å²) in [4.78, 5) is 15.1. The summed E-state index contributed by atoms with van der Waals surface area (Å²) in [6.45, 7) is 3.66. The number of carbonyl (C=O) groups excluding carboxylic acids is 1. The molecule has 0 radical (unpaired) electrons. The summed E-state index contributed by atoms with van der Waals surface area (Å²) in [7, 11) is -2.18. The van der Waals surface area contributed by atoms with Gasteiger partial charge in [0, 0.05) is 30.5 Å². The Morgan fingerprint density at radius 3 is 2.38 bits per heavy atom. The first-order valence-electron chi connectivity index (χ1n) is 9.59. The second-order valence-corrected chi connectivity index (χ2v) is 9.03. The highest BCUT2D eigenvalue weighted by atomic mass is 32.2. The van der Waals surface area contributed by atoms with Crippen molar-refractivity contribution in [1.82, 2.24) is 0 Å². The average molecular weight is 418 g/mol. The quantitative estimate of drug-likeness (QED) is 0.749. The Bertz CT molecular complexity index is 954. The van der Waals surface area contributed by atoms with Crippen molar-refractivity contribution in [1.29, 1.82) is 0 Å². The van der Waals surface area contributed by atoms with Gasteiger partial charge in [0.2, 0.25) is 15.9 Å². The number of carbonyl (C=O) groups is 1. The first-order chi connectivity index (χ1) is 13.8. The molecule has 156 valence electrons. The first-order valence-corrected chi connectivity index (χ1v) is 11.4. The minimum Gasteiger partial charge on any atom is -0.497 e. The van der Waals surface area contributed by atoms with Crippen LogP contribution in [0.5, 0.6) is 5.75 Å². The summed E-state index contributed by atoms with van der Waals surface area (Å²) in [6, 6.07) is 13.3. The third-order valence-corrected chi connectivity index (χ3v) is 6.24. The minimum atomic E-state index is -3.69. The van der Waals surface area contributed by atoms with Crippen LogP contribution in [-0.4, -0.2) is 46.8 Å². The zero-order valence-electron chi connectivity index (χ0n) is 17.0. The Labute approximate surface area is 172 Å². The van der Waals surface area contributed by atoms with Gasteiger partial charge in [-0.15, -0.1) is 0 Å². The number of hydrogen-bond donors (Lipinski definition) is 1. The van der Waals surface area contributed by atoms with Gasteiger partial charge < -0.3 is 15.0 Å². The number of anilines is 3. The third kappa shape index (κ3) is 5.00. The van der Waals surface area contributed by atoms with Crippen molar-refractivity contribution in [3.05, 3.63) is 48.5 Å². The summed E-state index contributed by atoms with van der Waals surface area (Å²) < 4.78 is 31.1. The molecule has 2 aromatic rings. The van der Waals surface area contributed by atoms with Crippen molar-refractivity contribution >= 4 is 33.0 Å². The Morgan fingerprint density at radius 1 is 1.14 bits per heavy atom. The predicted molar refractivity (Wildman–Crippen MR) is 116 cm³/mol. The summed E-state index contributed by atoms with van der Waals surface area (Å²) in [5, 5.41) is 2.82. The van der Waals surface area contributed by atoms with Crippen molar-refractivity contribution in [2.24, 2.45) is 0 Å². The molecule has 1 aliphatic rings. The highest BCUT2D eigenvalue weighted by Gasteiger charge is 2.29. The van der Waals surface area contributed by atoms with Gasteiger partial charge in [-0.25, -0.2) is 8.42 Å². The van der Waals surface area contributed by atoms with Gasteiger partial charge in [0.25, 0.3) is 0 Å². The molecule has 0 aliphatic carbocycles. The second kappa shape index (κ2) is 8.73. The van der Waals surface area contributed by atoms with Gasteiger partial charge in [-0.1, -0.05) is 6.07 Å². The molecule has 1 saturated heterocycles. The van der Waals surface area contributed by atoms with Crippen LogP contribution in [-0.2, 0) is 14.8 Å². The van der Waals surface area contributed by atoms with Crippen LogP contribution in [0.1, 0.15) is 19.8 Å². The van der Waals surface area contributed by atoms with E-state index >= 15 is 0 Å². The molecule has 0 saturated carbocycles. The fourth-order valence-electron chi connectivity index (χ4n) is 3.53. The van der Waals surface area contributed by atoms with Crippen molar-refractivity contribution in [2.45, 2.75) is 25.8 Å². The van der Waals surface area contributed by atoms with Gasteiger partial charge >= 0.3 is 0 Å². The first kappa shape index (κ1) is 21.0. The second-order valence-electron chi connectivity index (χ2n) is 7.17. The maximum absolute atomic E-state index is 12.8. The zero-order chi connectivity index (χ0) is 21.0. The number of nitrogens with one attached hydrogen (secondary N) is 1. The van der Waals surface area contributed by atoms with E-state index in [9.17, 15) is 13.2 Å². The lowest BCUT2D eigenvalue weighted by atomic mass is 10.2. The molecule has 1 unspecified atom stereocenters. The zero-order valence-corrected chi connectivity index (χ0v) is 17.8. The monoisotopic (exact) mass is 417 g/mol. The average Bonchev–Trinajstić information content (AvgIpc) is 3.22. The molecule has 1 aliphatic heterocycles. The van der Waals surface area contributed by atoms with Crippen molar-refractivity contribution < 1.29 is 17.9 Å². The highest BCUT2D eigenvalue weighted by molar-refractivity contribution is 7.92. The van der Waals surface area contributed by atoms with E-state index in [2.05, 4.69) is 10.2 Å². The Morgan fingerprint density at radius 2 is 1.79 bits per heavy atom. The van der Waals surface area contributed by atoms with E-state index in [1.807, 2.05) is 24.3 Å². The third-order valence-electron chi connectivity index (χ3n) is 5.00. The molecule has 1 heterocycles. The number of nitrogens with zero attached hydrogens (tertiary/aromatic N) is 2. The van der Waals surface area contributed by atoms with E-state index < -0.39 is 22.0 Å². The van der Waals surface area contributed by atoms with E-state index in [0.29, 0.717) is 17.1 Å².